The summed E-state index contributed by atoms with van der Waals surface area (Å²) >= 11 is 3.67. The Balaban J connectivity index is 1.94. The molecule has 9 atom stereocenters. The van der Waals surface area contributed by atoms with Gasteiger partial charge in [-0.3, -0.25) is 19.2 Å². The van der Waals surface area contributed by atoms with Crippen LogP contribution in [0.5, 0.6) is 0 Å². The fourth-order valence-electron chi connectivity index (χ4n) is 6.68. The van der Waals surface area contributed by atoms with E-state index in [9.17, 15) is 24.3 Å². The van der Waals surface area contributed by atoms with Crippen LogP contribution in [-0.4, -0.2) is 99.1 Å². The molecule has 2 bridgehead atoms. The average Bonchev–Trinajstić information content (AvgIpc) is 3.53. The topological polar surface area (TPSA) is 125 Å². The van der Waals surface area contributed by atoms with Gasteiger partial charge in [0.1, 0.15) is 17.7 Å². The zero-order chi connectivity index (χ0) is 30.5. The van der Waals surface area contributed by atoms with Crippen molar-refractivity contribution in [2.45, 2.75) is 107 Å². The molecule has 3 aliphatic rings. The summed E-state index contributed by atoms with van der Waals surface area (Å²) in [4.78, 5) is 57.2. The summed E-state index contributed by atoms with van der Waals surface area (Å²) in [6, 6.07) is -1.71. The van der Waals surface area contributed by atoms with E-state index in [2.05, 4.69) is 34.4 Å². The average molecular weight is 641 g/mol. The number of amides is 3. The molecule has 11 heteroatoms. The number of carbonyl (C=O) groups excluding carboxylic acids is 4. The molecule has 0 aromatic carbocycles. The molecule has 2 N–H and O–H groups in total. The van der Waals surface area contributed by atoms with E-state index in [1.54, 1.807) is 24.0 Å². The third kappa shape index (κ3) is 6.41. The summed E-state index contributed by atoms with van der Waals surface area (Å²) in [7, 11) is 0. The smallest absolute Gasteiger partial charge is 0.312 e. The third-order valence-electron chi connectivity index (χ3n) is 8.64. The Bertz CT molecular complexity index is 1000. The standard InChI is InChI=1S/C30H46BrN3O7/c1-7-11-13-22(36)32-16-19(6)40-29(39)23-24-27(37)34(20(10-4)17-35)26(30(24)15-21(31)25(23)41-30)28(38)33(14-9-3)18(5)12-8-2/h7,9,18-21,23-26,35H,1,3,8,10-17H2,2,4-6H3,(H,32,36)/t18?,19-,20-,21?,23-,24+,25-,26-,30+/m0/s1. The second-order valence-electron chi connectivity index (χ2n) is 11.4. The number of fused-ring (bicyclic) bond motifs is 1. The lowest BCUT2D eigenvalue weighted by molar-refractivity contribution is -0.160. The number of nitrogens with one attached hydrogen (secondary N) is 1. The Labute approximate surface area is 252 Å². The fourth-order valence-corrected chi connectivity index (χ4v) is 7.62. The molecule has 10 nitrogen and oxygen atoms in total. The lowest BCUT2D eigenvalue weighted by Crippen LogP contribution is -2.60. The van der Waals surface area contributed by atoms with Crippen LogP contribution >= 0.6 is 15.9 Å². The van der Waals surface area contributed by atoms with Gasteiger partial charge in [-0.15, -0.1) is 13.2 Å². The molecule has 0 saturated carbocycles. The van der Waals surface area contributed by atoms with E-state index in [1.807, 2.05) is 20.8 Å². The van der Waals surface area contributed by atoms with E-state index in [-0.39, 0.29) is 41.7 Å². The normalized spacial score (nSPS) is 30.3. The molecule has 3 rings (SSSR count). The number of nitrogens with zero attached hydrogens (tertiary/aromatic N) is 2. The number of alkyl halides is 1. The van der Waals surface area contributed by atoms with Crippen molar-refractivity contribution in [3.05, 3.63) is 25.3 Å². The van der Waals surface area contributed by atoms with E-state index in [0.717, 1.165) is 12.8 Å². The first kappa shape index (κ1) is 33.3. The van der Waals surface area contributed by atoms with Gasteiger partial charge in [-0.25, -0.2) is 0 Å². The van der Waals surface area contributed by atoms with Crippen LogP contribution in [0.1, 0.15) is 66.2 Å². The molecular formula is C30H46BrN3O7. The minimum atomic E-state index is -1.24. The van der Waals surface area contributed by atoms with Crippen LogP contribution in [0.25, 0.3) is 0 Å². The van der Waals surface area contributed by atoms with Gasteiger partial charge in [0.15, 0.2) is 0 Å². The van der Waals surface area contributed by atoms with Gasteiger partial charge in [0.05, 0.1) is 37.1 Å². The highest BCUT2D eigenvalue weighted by Gasteiger charge is 2.77. The van der Waals surface area contributed by atoms with E-state index >= 15 is 0 Å². The maximum atomic E-state index is 14.4. The molecule has 0 aromatic rings. The number of aliphatic hydroxyl groups is 1. The third-order valence-corrected chi connectivity index (χ3v) is 9.48. The molecule has 3 heterocycles. The van der Waals surface area contributed by atoms with Gasteiger partial charge in [0.25, 0.3) is 0 Å². The van der Waals surface area contributed by atoms with Gasteiger partial charge in [-0.1, -0.05) is 48.4 Å². The maximum absolute atomic E-state index is 14.4. The largest absolute Gasteiger partial charge is 0.460 e. The maximum Gasteiger partial charge on any atom is 0.312 e. The highest BCUT2D eigenvalue weighted by atomic mass is 79.9. The van der Waals surface area contributed by atoms with Gasteiger partial charge in [0, 0.05) is 23.8 Å². The molecule has 41 heavy (non-hydrogen) atoms. The van der Waals surface area contributed by atoms with Gasteiger partial charge in [-0.05, 0) is 39.5 Å². The van der Waals surface area contributed by atoms with Crippen LogP contribution in [-0.2, 0) is 28.7 Å². The van der Waals surface area contributed by atoms with Gasteiger partial charge in [-0.2, -0.15) is 0 Å². The van der Waals surface area contributed by atoms with Crippen LogP contribution in [0.15, 0.2) is 25.3 Å². The molecule has 3 amide bonds. The molecule has 2 unspecified atom stereocenters. The number of likely N-dealkylation sites (tertiary alicyclic amines) is 1. The summed E-state index contributed by atoms with van der Waals surface area (Å²) in [5.41, 5.74) is -1.24. The second kappa shape index (κ2) is 14.3. The predicted molar refractivity (Wildman–Crippen MR) is 158 cm³/mol. The van der Waals surface area contributed by atoms with Gasteiger partial charge in [0.2, 0.25) is 17.7 Å². The Hall–Kier alpha value is -2.24. The highest BCUT2D eigenvalue weighted by molar-refractivity contribution is 9.09. The number of aliphatic hydroxyl groups excluding tert-OH is 1. The van der Waals surface area contributed by atoms with Gasteiger partial charge < -0.3 is 29.7 Å². The monoisotopic (exact) mass is 639 g/mol. The summed E-state index contributed by atoms with van der Waals surface area (Å²) in [6.07, 6.45) is 5.32. The Morgan fingerprint density at radius 2 is 2.00 bits per heavy atom. The van der Waals surface area contributed by atoms with Crippen molar-refractivity contribution >= 4 is 39.6 Å². The van der Waals surface area contributed by atoms with Crippen molar-refractivity contribution in [1.82, 2.24) is 15.1 Å². The minimum absolute atomic E-state index is 0.103. The van der Waals surface area contributed by atoms with Crippen LogP contribution in [0.2, 0.25) is 0 Å². The number of rotatable bonds is 16. The van der Waals surface area contributed by atoms with E-state index in [0.29, 0.717) is 32.2 Å². The van der Waals surface area contributed by atoms with Crippen molar-refractivity contribution < 1.29 is 33.8 Å². The molecule has 0 aliphatic carbocycles. The molecule has 1 spiro atoms. The molecule has 3 saturated heterocycles. The molecule has 0 aromatic heterocycles. The van der Waals surface area contributed by atoms with Crippen molar-refractivity contribution in [2.24, 2.45) is 11.8 Å². The van der Waals surface area contributed by atoms with E-state index < -0.39 is 47.7 Å². The van der Waals surface area contributed by atoms with Gasteiger partial charge >= 0.3 is 5.97 Å². The predicted octanol–water partition coefficient (Wildman–Crippen LogP) is 2.72. The first-order valence-electron chi connectivity index (χ1n) is 14.8. The number of carbonyl (C=O) groups is 4. The van der Waals surface area contributed by atoms with Crippen LogP contribution in [0.4, 0.5) is 0 Å². The minimum Gasteiger partial charge on any atom is -0.460 e. The molecular weight excluding hydrogens is 594 g/mol. The van der Waals surface area contributed by atoms with Crippen molar-refractivity contribution in [3.8, 4) is 0 Å². The Morgan fingerprint density at radius 1 is 1.29 bits per heavy atom. The lowest BCUT2D eigenvalue weighted by atomic mass is 9.70. The Morgan fingerprint density at radius 3 is 2.59 bits per heavy atom. The Kier molecular flexibility index (Phi) is 11.6. The number of halogens is 1. The van der Waals surface area contributed by atoms with Crippen molar-refractivity contribution in [1.29, 1.82) is 0 Å². The fraction of sp³-hybridized carbons (Fsp3) is 0.733. The SMILES string of the molecule is C=CCCC(=O)NC[C@H](C)OC(=O)[C@@H]1[C@H]2O[C@@]3(CC2Br)[C@H](C(=O)N(CC=C)C(C)CCC)N([C@@H](CC)CO)C(=O)[C@@H]13. The zero-order valence-corrected chi connectivity index (χ0v) is 26.3. The summed E-state index contributed by atoms with van der Waals surface area (Å²) in [6.45, 7) is 15.1. The van der Waals surface area contributed by atoms with Crippen molar-refractivity contribution in [3.63, 3.8) is 0 Å². The van der Waals surface area contributed by atoms with Crippen molar-refractivity contribution in [2.75, 3.05) is 19.7 Å². The highest BCUT2D eigenvalue weighted by Crippen LogP contribution is 2.60. The number of esters is 1. The first-order chi connectivity index (χ1) is 19.5. The first-order valence-corrected chi connectivity index (χ1v) is 15.7. The van der Waals surface area contributed by atoms with Crippen LogP contribution in [0.3, 0.4) is 0 Å². The zero-order valence-electron chi connectivity index (χ0n) is 24.7. The molecule has 3 aliphatic heterocycles. The molecule has 0 radical (unpaired) electrons. The summed E-state index contributed by atoms with van der Waals surface area (Å²) in [5.74, 6) is -3.27. The number of ether oxygens (including phenoxy) is 2. The van der Waals surface area contributed by atoms with E-state index in [1.165, 1.54) is 4.90 Å². The molecule has 3 fully saturated rings. The van der Waals surface area contributed by atoms with Crippen LogP contribution < -0.4 is 5.32 Å². The number of hydrogen-bond donors (Lipinski definition) is 2. The second-order valence-corrected chi connectivity index (χ2v) is 12.6. The number of hydrogen-bond acceptors (Lipinski definition) is 7. The summed E-state index contributed by atoms with van der Waals surface area (Å²) < 4.78 is 12.3. The lowest BCUT2D eigenvalue weighted by Gasteiger charge is -2.40. The molecule has 230 valence electrons. The number of allylic oxidation sites excluding steroid dienone is 1. The van der Waals surface area contributed by atoms with Crippen LogP contribution in [0, 0.1) is 11.8 Å². The quantitative estimate of drug-likeness (QED) is 0.151. The van der Waals surface area contributed by atoms with E-state index in [4.69, 9.17) is 9.47 Å². The summed E-state index contributed by atoms with van der Waals surface area (Å²) in [5, 5.41) is 13.0.